The summed E-state index contributed by atoms with van der Waals surface area (Å²) in [5, 5.41) is 1.25. The fourth-order valence-electron chi connectivity index (χ4n) is 2.08. The highest BCUT2D eigenvalue weighted by molar-refractivity contribution is 4.81. The first kappa shape index (κ1) is 13.1. The van der Waals surface area contributed by atoms with Crippen molar-refractivity contribution in [1.82, 2.24) is 9.80 Å². The zero-order valence-electron chi connectivity index (χ0n) is 9.69. The van der Waals surface area contributed by atoms with E-state index in [0.29, 0.717) is 12.2 Å². The summed E-state index contributed by atoms with van der Waals surface area (Å²) in [7, 11) is 0. The largest absolute Gasteiger partial charge is 0.372 e. The Morgan fingerprint density at radius 1 is 0.882 bits per heavy atom. The Balaban J connectivity index is 0.000000329. The molecule has 0 aliphatic carbocycles. The predicted molar refractivity (Wildman–Crippen MR) is 55.7 cm³/mol. The van der Waals surface area contributed by atoms with Gasteiger partial charge in [0.25, 0.3) is 0 Å². The monoisotopic (exact) mass is 252 g/mol. The highest BCUT2D eigenvalue weighted by Gasteiger charge is 2.30. The SMILES string of the molecule is C1OC1CN1CCN(CC2CO2)CC1.FOF. The topological polar surface area (TPSA) is 40.8 Å². The van der Waals surface area contributed by atoms with E-state index in [-0.39, 0.29) is 0 Å². The van der Waals surface area contributed by atoms with Gasteiger partial charge in [-0.3, -0.25) is 9.80 Å². The molecule has 2 unspecified atom stereocenters. The van der Waals surface area contributed by atoms with Gasteiger partial charge in [-0.2, -0.15) is 0 Å². The lowest BCUT2D eigenvalue weighted by molar-refractivity contribution is -0.317. The summed E-state index contributed by atoms with van der Waals surface area (Å²) >= 11 is 0. The van der Waals surface area contributed by atoms with E-state index >= 15 is 0 Å². The minimum Gasteiger partial charge on any atom is -0.372 e. The van der Waals surface area contributed by atoms with Crippen molar-refractivity contribution in [2.75, 3.05) is 52.5 Å². The van der Waals surface area contributed by atoms with Crippen LogP contribution in [0.2, 0.25) is 0 Å². The Labute approximate surface area is 99.0 Å². The molecule has 0 saturated carbocycles. The highest BCUT2D eigenvalue weighted by Crippen LogP contribution is 2.15. The third-order valence-electron chi connectivity index (χ3n) is 3.19. The second kappa shape index (κ2) is 6.55. The lowest BCUT2D eigenvalue weighted by Crippen LogP contribution is -2.48. The Morgan fingerprint density at radius 3 is 1.41 bits per heavy atom. The number of rotatable bonds is 4. The third-order valence-corrected chi connectivity index (χ3v) is 3.19. The molecule has 0 aromatic rings. The molecule has 0 aromatic heterocycles. The van der Waals surface area contributed by atoms with Crippen LogP contribution in [0.25, 0.3) is 0 Å². The lowest BCUT2D eigenvalue weighted by Gasteiger charge is -2.34. The van der Waals surface area contributed by atoms with E-state index in [1.807, 2.05) is 0 Å². The molecule has 0 aromatic carbocycles. The van der Waals surface area contributed by atoms with E-state index in [1.54, 1.807) is 0 Å². The van der Waals surface area contributed by atoms with Gasteiger partial charge in [0, 0.05) is 44.4 Å². The average Bonchev–Trinajstić information content (AvgIpc) is 3.17. The number of hydrogen-bond donors (Lipinski definition) is 0. The van der Waals surface area contributed by atoms with Crippen LogP contribution in [0.1, 0.15) is 0 Å². The summed E-state index contributed by atoms with van der Waals surface area (Å²) in [6.45, 7) is 9.06. The summed E-state index contributed by atoms with van der Waals surface area (Å²) < 4.78 is 28.7. The van der Waals surface area contributed by atoms with Gasteiger partial charge in [0.1, 0.15) is 0 Å². The van der Waals surface area contributed by atoms with Crippen molar-refractivity contribution in [2.45, 2.75) is 12.2 Å². The number of epoxide rings is 2. The second-order valence-electron chi connectivity index (χ2n) is 4.57. The first-order valence-electron chi connectivity index (χ1n) is 5.89. The van der Waals surface area contributed by atoms with Crippen molar-refractivity contribution in [3.8, 4) is 0 Å². The summed E-state index contributed by atoms with van der Waals surface area (Å²) in [6, 6.07) is 0. The minimum atomic E-state index is 0.549. The first-order valence-corrected chi connectivity index (χ1v) is 5.89. The Hall–Kier alpha value is -0.340. The second-order valence-corrected chi connectivity index (χ2v) is 4.57. The molecular formula is C10H18F2N2O3. The fourth-order valence-corrected chi connectivity index (χ4v) is 2.08. The van der Waals surface area contributed by atoms with Crippen molar-refractivity contribution >= 4 is 0 Å². The van der Waals surface area contributed by atoms with Gasteiger partial charge >= 0.3 is 0 Å². The van der Waals surface area contributed by atoms with E-state index in [4.69, 9.17) is 18.5 Å². The molecule has 3 heterocycles. The molecule has 100 valence electrons. The number of piperazine rings is 1. The molecule has 3 fully saturated rings. The van der Waals surface area contributed by atoms with Crippen LogP contribution in [0, 0.1) is 0 Å². The van der Waals surface area contributed by atoms with Crippen molar-refractivity contribution in [3.05, 3.63) is 0 Å². The maximum absolute atomic E-state index is 9.12. The Bertz CT molecular complexity index is 198. The van der Waals surface area contributed by atoms with Crippen LogP contribution in [0.15, 0.2) is 0 Å². The number of halogens is 2. The smallest absolute Gasteiger partial charge is 0.0936 e. The van der Waals surface area contributed by atoms with Gasteiger partial charge in [-0.25, -0.2) is 0 Å². The molecule has 3 saturated heterocycles. The number of ether oxygens (including phenoxy) is 2. The maximum atomic E-state index is 9.12. The van der Waals surface area contributed by atoms with Crippen LogP contribution in [-0.4, -0.2) is 74.5 Å². The molecule has 0 N–H and O–H groups in total. The van der Waals surface area contributed by atoms with Crippen LogP contribution in [0.4, 0.5) is 9.05 Å². The molecule has 3 rings (SSSR count). The van der Waals surface area contributed by atoms with Gasteiger partial charge in [0.05, 0.1) is 25.4 Å². The third kappa shape index (κ3) is 5.22. The molecule has 7 heteroatoms. The van der Waals surface area contributed by atoms with Crippen molar-refractivity contribution in [3.63, 3.8) is 0 Å². The molecule has 0 radical (unpaired) electrons. The van der Waals surface area contributed by atoms with Gasteiger partial charge in [0.15, 0.2) is 0 Å². The van der Waals surface area contributed by atoms with Gasteiger partial charge in [-0.15, -0.1) is 0 Å². The first-order chi connectivity index (χ1) is 8.31. The van der Waals surface area contributed by atoms with E-state index < -0.39 is 0 Å². The van der Waals surface area contributed by atoms with Crippen LogP contribution < -0.4 is 0 Å². The summed E-state index contributed by atoms with van der Waals surface area (Å²) in [5.41, 5.74) is 0. The quantitative estimate of drug-likeness (QED) is 0.667. The van der Waals surface area contributed by atoms with Crippen LogP contribution >= 0.6 is 0 Å². The standard InChI is InChI=1S/C10H18N2O2.F2O/c1-2-12(6-10-8-14-10)4-3-11(1)5-9-7-13-9;1-3-2/h9-10H,1-8H2;. The molecule has 0 amide bonds. The molecule has 3 aliphatic heterocycles. The Kier molecular flexibility index (Phi) is 5.05. The van der Waals surface area contributed by atoms with Crippen molar-refractivity contribution in [2.24, 2.45) is 0 Å². The molecular weight excluding hydrogens is 234 g/mol. The number of hydrogen-bond acceptors (Lipinski definition) is 5. The minimum absolute atomic E-state index is 0.549. The van der Waals surface area contributed by atoms with E-state index in [9.17, 15) is 0 Å². The normalized spacial score (nSPS) is 32.8. The van der Waals surface area contributed by atoms with Crippen molar-refractivity contribution < 1.29 is 23.7 Å². The highest BCUT2D eigenvalue weighted by atomic mass is 19.6. The Morgan fingerprint density at radius 2 is 1.18 bits per heavy atom. The van der Waals surface area contributed by atoms with Crippen LogP contribution in [0.5, 0.6) is 0 Å². The lowest BCUT2D eigenvalue weighted by atomic mass is 10.3. The molecule has 2 atom stereocenters. The van der Waals surface area contributed by atoms with Gasteiger partial charge in [-0.1, -0.05) is 0 Å². The predicted octanol–water partition coefficient (Wildman–Crippen LogP) is 0.174. The van der Waals surface area contributed by atoms with Crippen molar-refractivity contribution in [1.29, 1.82) is 0 Å². The van der Waals surface area contributed by atoms with E-state index in [1.165, 1.54) is 31.3 Å². The summed E-state index contributed by atoms with van der Waals surface area (Å²) in [5.74, 6) is 0. The zero-order valence-corrected chi connectivity index (χ0v) is 9.69. The average molecular weight is 252 g/mol. The summed E-state index contributed by atoms with van der Waals surface area (Å²) in [6.07, 6.45) is 1.10. The van der Waals surface area contributed by atoms with Crippen LogP contribution in [-0.2, 0) is 14.6 Å². The molecule has 5 nitrogen and oxygen atoms in total. The van der Waals surface area contributed by atoms with Crippen LogP contribution in [0.3, 0.4) is 0 Å². The molecule has 0 spiro atoms. The van der Waals surface area contributed by atoms with E-state index in [2.05, 4.69) is 9.80 Å². The summed E-state index contributed by atoms with van der Waals surface area (Å²) in [4.78, 5) is 5.03. The molecule has 3 aliphatic rings. The van der Waals surface area contributed by atoms with Gasteiger partial charge in [0.2, 0.25) is 0 Å². The van der Waals surface area contributed by atoms with Gasteiger partial charge in [-0.05, 0) is 9.05 Å². The fraction of sp³-hybridized carbons (Fsp3) is 1.00. The zero-order chi connectivity index (χ0) is 12.1. The molecule has 17 heavy (non-hydrogen) atoms. The maximum Gasteiger partial charge on any atom is 0.0936 e. The molecule has 0 bridgehead atoms. The van der Waals surface area contributed by atoms with Gasteiger partial charge < -0.3 is 9.47 Å². The van der Waals surface area contributed by atoms with E-state index in [0.717, 1.165) is 26.3 Å². The number of nitrogens with zero attached hydrogens (tertiary/aromatic N) is 2.